The molecular weight excluding hydrogens is 218 g/mol. The van der Waals surface area contributed by atoms with E-state index in [1.165, 1.54) is 0 Å². The van der Waals surface area contributed by atoms with Gasteiger partial charge < -0.3 is 5.11 Å². The fraction of sp³-hybridized carbons (Fsp3) is 0.167. The van der Waals surface area contributed by atoms with Crippen LogP contribution < -0.4 is 5.14 Å². The van der Waals surface area contributed by atoms with Crippen molar-refractivity contribution in [2.45, 2.75) is 11.5 Å². The first-order valence-electron chi connectivity index (χ1n) is 3.32. The maximum Gasteiger partial charge on any atom is 0.266 e. The fourth-order valence-electron chi connectivity index (χ4n) is 0.852. The second-order valence-corrected chi connectivity index (χ2v) is 3.91. The highest BCUT2D eigenvalue weighted by atomic mass is 32.2. The van der Waals surface area contributed by atoms with E-state index >= 15 is 0 Å². The first kappa shape index (κ1) is 10.8. The van der Waals surface area contributed by atoms with Crippen LogP contribution in [0.4, 0.5) is 8.78 Å². The van der Waals surface area contributed by atoms with E-state index in [2.05, 4.69) is 10.1 Å². The molecule has 0 atom stereocenters. The van der Waals surface area contributed by atoms with Crippen LogP contribution in [0, 0.1) is 0 Å². The quantitative estimate of drug-likeness (QED) is 0.759. The van der Waals surface area contributed by atoms with Gasteiger partial charge in [-0.3, -0.25) is 0 Å². The molecule has 0 aliphatic carbocycles. The Balaban J connectivity index is 3.45. The second-order valence-electron chi connectivity index (χ2n) is 2.43. The molecule has 78 valence electrons. The van der Waals surface area contributed by atoms with Crippen LogP contribution in [0.25, 0.3) is 0 Å². The van der Waals surface area contributed by atoms with E-state index in [1.54, 1.807) is 0 Å². The Kier molecular flexibility index (Phi) is 2.67. The van der Waals surface area contributed by atoms with Gasteiger partial charge >= 0.3 is 0 Å². The Hall–Kier alpha value is -1.28. The summed E-state index contributed by atoms with van der Waals surface area (Å²) in [7, 11) is -4.30. The van der Waals surface area contributed by atoms with Crippen molar-refractivity contribution in [3.8, 4) is 5.75 Å². The van der Waals surface area contributed by atoms with Crippen molar-refractivity contribution in [2.24, 2.45) is 5.14 Å². The number of pyridine rings is 1. The maximum absolute atomic E-state index is 12.3. The number of alkyl halides is 2. The standard InChI is InChI=1S/C6H6F2N2O3S/c7-5(8)4-1-3(11)2-10-6(4)14(9,12)13/h1-2,5,11H,(H2,9,12,13). The van der Waals surface area contributed by atoms with Gasteiger partial charge in [0.15, 0.2) is 5.03 Å². The number of primary sulfonamides is 1. The van der Waals surface area contributed by atoms with E-state index in [9.17, 15) is 17.2 Å². The van der Waals surface area contributed by atoms with E-state index in [1.807, 2.05) is 0 Å². The SMILES string of the molecule is NS(=O)(=O)c1ncc(O)cc1C(F)F. The van der Waals surface area contributed by atoms with Gasteiger partial charge in [-0.1, -0.05) is 0 Å². The molecule has 5 nitrogen and oxygen atoms in total. The first-order chi connectivity index (χ1) is 6.32. The van der Waals surface area contributed by atoms with Crippen molar-refractivity contribution < 1.29 is 22.3 Å². The molecule has 0 saturated heterocycles. The van der Waals surface area contributed by atoms with Crippen molar-refractivity contribution in [1.82, 2.24) is 4.98 Å². The minimum absolute atomic E-state index is 0.548. The van der Waals surface area contributed by atoms with Crippen LogP contribution in [-0.2, 0) is 10.0 Å². The first-order valence-corrected chi connectivity index (χ1v) is 4.87. The normalized spacial score (nSPS) is 12.0. The predicted molar refractivity (Wildman–Crippen MR) is 42.2 cm³/mol. The maximum atomic E-state index is 12.3. The predicted octanol–water partition coefficient (Wildman–Crippen LogP) is 0.372. The fourth-order valence-corrected chi connectivity index (χ4v) is 1.53. The molecule has 0 unspecified atom stereocenters. The van der Waals surface area contributed by atoms with E-state index in [4.69, 9.17) is 5.11 Å². The van der Waals surface area contributed by atoms with E-state index in [-0.39, 0.29) is 0 Å². The van der Waals surface area contributed by atoms with Crippen LogP contribution in [0.5, 0.6) is 5.75 Å². The molecule has 8 heteroatoms. The van der Waals surface area contributed by atoms with Crippen LogP contribution in [0.2, 0.25) is 0 Å². The van der Waals surface area contributed by atoms with E-state index in [0.717, 1.165) is 6.20 Å². The summed E-state index contributed by atoms with van der Waals surface area (Å²) >= 11 is 0. The van der Waals surface area contributed by atoms with Crippen molar-refractivity contribution >= 4 is 10.0 Å². The molecule has 0 aromatic carbocycles. The van der Waals surface area contributed by atoms with Gasteiger partial charge in [0.2, 0.25) is 0 Å². The van der Waals surface area contributed by atoms with Gasteiger partial charge in [0.05, 0.1) is 11.8 Å². The van der Waals surface area contributed by atoms with Gasteiger partial charge in [0.25, 0.3) is 16.4 Å². The molecule has 0 fully saturated rings. The van der Waals surface area contributed by atoms with Crippen LogP contribution in [0.15, 0.2) is 17.3 Å². The molecule has 3 N–H and O–H groups in total. The number of rotatable bonds is 2. The molecule has 1 aromatic heterocycles. The van der Waals surface area contributed by atoms with Gasteiger partial charge in [-0.25, -0.2) is 27.3 Å². The average Bonchev–Trinajstić information content (AvgIpc) is 2.01. The van der Waals surface area contributed by atoms with E-state index in [0.29, 0.717) is 6.07 Å². The van der Waals surface area contributed by atoms with Gasteiger partial charge in [-0.2, -0.15) is 0 Å². The third kappa shape index (κ3) is 2.15. The lowest BCUT2D eigenvalue weighted by atomic mass is 10.3. The molecule has 1 aromatic rings. The number of aromatic nitrogens is 1. The highest BCUT2D eigenvalue weighted by Gasteiger charge is 2.22. The summed E-state index contributed by atoms with van der Waals surface area (Å²) in [4.78, 5) is 3.13. The average molecular weight is 224 g/mol. The molecule has 1 heterocycles. The van der Waals surface area contributed by atoms with Crippen LogP contribution in [0.3, 0.4) is 0 Å². The zero-order valence-electron chi connectivity index (χ0n) is 6.68. The lowest BCUT2D eigenvalue weighted by molar-refractivity contribution is 0.146. The number of nitrogens with two attached hydrogens (primary N) is 1. The molecule has 0 amide bonds. The molecule has 0 aliphatic rings. The molecule has 0 saturated carbocycles. The van der Waals surface area contributed by atoms with Gasteiger partial charge in [0.1, 0.15) is 5.75 Å². The van der Waals surface area contributed by atoms with Crippen molar-refractivity contribution in [3.05, 3.63) is 17.8 Å². The van der Waals surface area contributed by atoms with Gasteiger partial charge in [-0.05, 0) is 6.07 Å². The molecule has 0 bridgehead atoms. The van der Waals surface area contributed by atoms with E-state index < -0.39 is 32.8 Å². The van der Waals surface area contributed by atoms with Crippen molar-refractivity contribution in [3.63, 3.8) is 0 Å². The summed E-state index contributed by atoms with van der Waals surface area (Å²) in [5.74, 6) is -0.548. The number of sulfonamides is 1. The molecule has 1 rings (SSSR count). The Labute approximate surface area is 78.2 Å². The Morgan fingerprint density at radius 1 is 1.50 bits per heavy atom. The van der Waals surface area contributed by atoms with Crippen LogP contribution in [0.1, 0.15) is 12.0 Å². The third-order valence-corrected chi connectivity index (χ3v) is 2.25. The highest BCUT2D eigenvalue weighted by Crippen LogP contribution is 2.26. The summed E-state index contributed by atoms with van der Waals surface area (Å²) < 4.78 is 46.1. The van der Waals surface area contributed by atoms with Crippen molar-refractivity contribution in [1.29, 1.82) is 0 Å². The Morgan fingerprint density at radius 3 is 2.50 bits per heavy atom. The number of aromatic hydroxyl groups is 1. The summed E-state index contributed by atoms with van der Waals surface area (Å²) in [5.41, 5.74) is -0.910. The lowest BCUT2D eigenvalue weighted by Gasteiger charge is -2.05. The molecule has 0 radical (unpaired) electrons. The number of halogens is 2. The largest absolute Gasteiger partial charge is 0.506 e. The molecule has 14 heavy (non-hydrogen) atoms. The van der Waals surface area contributed by atoms with Crippen molar-refractivity contribution in [2.75, 3.05) is 0 Å². The monoisotopic (exact) mass is 224 g/mol. The van der Waals surface area contributed by atoms with Crippen LogP contribution >= 0.6 is 0 Å². The van der Waals surface area contributed by atoms with Gasteiger partial charge in [0, 0.05) is 0 Å². The molecule has 0 aliphatic heterocycles. The number of hydrogen-bond acceptors (Lipinski definition) is 4. The Morgan fingerprint density at radius 2 is 2.07 bits per heavy atom. The molecular formula is C6H6F2N2O3S. The minimum Gasteiger partial charge on any atom is -0.506 e. The summed E-state index contributed by atoms with van der Waals surface area (Å²) in [6.45, 7) is 0. The smallest absolute Gasteiger partial charge is 0.266 e. The second kappa shape index (κ2) is 3.46. The topological polar surface area (TPSA) is 93.3 Å². The molecule has 0 spiro atoms. The zero-order chi connectivity index (χ0) is 10.9. The Bertz CT molecular complexity index is 446. The van der Waals surface area contributed by atoms with Crippen LogP contribution in [-0.4, -0.2) is 18.5 Å². The summed E-state index contributed by atoms with van der Waals surface area (Å²) in [6, 6.07) is 0.609. The number of nitrogens with zero attached hydrogens (tertiary/aromatic N) is 1. The highest BCUT2D eigenvalue weighted by molar-refractivity contribution is 7.89. The number of hydrogen-bond donors (Lipinski definition) is 2. The minimum atomic E-state index is -4.30. The summed E-state index contributed by atoms with van der Waals surface area (Å²) in [5, 5.41) is 12.5. The summed E-state index contributed by atoms with van der Waals surface area (Å²) in [6.07, 6.45) is -2.34. The zero-order valence-corrected chi connectivity index (χ0v) is 7.50. The third-order valence-electron chi connectivity index (χ3n) is 1.37. The van der Waals surface area contributed by atoms with Gasteiger partial charge in [-0.15, -0.1) is 0 Å². The lowest BCUT2D eigenvalue weighted by Crippen LogP contribution is -2.16.